The van der Waals surface area contributed by atoms with Crippen molar-refractivity contribution in [2.45, 2.75) is 6.61 Å². The van der Waals surface area contributed by atoms with Crippen molar-refractivity contribution in [3.05, 3.63) is 29.8 Å². The van der Waals surface area contributed by atoms with Gasteiger partial charge in [-0.25, -0.2) is 0 Å². The van der Waals surface area contributed by atoms with Crippen molar-refractivity contribution in [1.82, 2.24) is 0 Å². The molecule has 76 valence electrons. The van der Waals surface area contributed by atoms with Crippen molar-refractivity contribution in [2.24, 2.45) is 0 Å². The lowest BCUT2D eigenvalue weighted by atomic mass is 9.76. The molecule has 0 bridgehead atoms. The van der Waals surface area contributed by atoms with Gasteiger partial charge in [-0.2, -0.15) is 0 Å². The number of hydrogen-bond acceptors (Lipinski definition) is 3. The molecule has 1 aromatic carbocycles. The van der Waals surface area contributed by atoms with E-state index in [9.17, 15) is 0 Å². The van der Waals surface area contributed by atoms with Crippen molar-refractivity contribution in [3.63, 3.8) is 0 Å². The van der Waals surface area contributed by atoms with Crippen LogP contribution in [-0.4, -0.2) is 28.4 Å². The van der Waals surface area contributed by atoms with Gasteiger partial charge in [0.25, 0.3) is 0 Å². The topological polar surface area (TPSA) is 27.7 Å². The quantitative estimate of drug-likeness (QED) is 0.649. The van der Waals surface area contributed by atoms with Crippen molar-refractivity contribution >= 4 is 12.6 Å². The third-order valence-electron chi connectivity index (χ3n) is 2.04. The van der Waals surface area contributed by atoms with E-state index in [1.54, 1.807) is 21.3 Å². The van der Waals surface area contributed by atoms with E-state index in [4.69, 9.17) is 14.0 Å². The summed E-state index contributed by atoms with van der Waals surface area (Å²) >= 11 is 0. The number of benzene rings is 1. The summed E-state index contributed by atoms with van der Waals surface area (Å²) in [6, 6.07) is 7.91. The average Bonchev–Trinajstić information content (AvgIpc) is 2.23. The molecule has 0 amide bonds. The lowest BCUT2D eigenvalue weighted by molar-refractivity contribution is 0.185. The first-order valence-corrected chi connectivity index (χ1v) is 4.45. The van der Waals surface area contributed by atoms with E-state index in [-0.39, 0.29) is 7.12 Å². The molecule has 0 radical (unpaired) electrons. The van der Waals surface area contributed by atoms with Crippen molar-refractivity contribution < 1.29 is 14.0 Å². The number of ether oxygens (including phenoxy) is 1. The fourth-order valence-corrected chi connectivity index (χ4v) is 1.40. The predicted octanol–water partition coefficient (Wildman–Crippen LogP) is 0.821. The molecule has 0 spiro atoms. The summed E-state index contributed by atoms with van der Waals surface area (Å²) in [5.74, 6) is 0. The van der Waals surface area contributed by atoms with E-state index in [2.05, 4.69) is 0 Å². The third-order valence-corrected chi connectivity index (χ3v) is 2.04. The van der Waals surface area contributed by atoms with E-state index >= 15 is 0 Å². The van der Waals surface area contributed by atoms with Gasteiger partial charge in [0.2, 0.25) is 0 Å². The molecule has 0 fully saturated rings. The zero-order valence-electron chi connectivity index (χ0n) is 8.82. The Bertz CT molecular complexity index is 274. The van der Waals surface area contributed by atoms with Crippen LogP contribution in [0.5, 0.6) is 0 Å². The van der Waals surface area contributed by atoms with Crippen molar-refractivity contribution in [2.75, 3.05) is 21.3 Å². The van der Waals surface area contributed by atoms with Gasteiger partial charge in [-0.3, -0.25) is 0 Å². The van der Waals surface area contributed by atoms with Crippen LogP contribution in [0.15, 0.2) is 24.3 Å². The van der Waals surface area contributed by atoms with Crippen LogP contribution in [0.3, 0.4) is 0 Å². The Hall–Kier alpha value is -0.835. The molecule has 0 atom stereocenters. The van der Waals surface area contributed by atoms with E-state index in [1.165, 1.54) is 0 Å². The Morgan fingerprint density at radius 3 is 2.29 bits per heavy atom. The normalized spacial score (nSPS) is 10.2. The molecular weight excluding hydrogens is 179 g/mol. The molecule has 0 heterocycles. The van der Waals surface area contributed by atoms with Crippen molar-refractivity contribution in [1.29, 1.82) is 0 Å². The lowest BCUT2D eigenvalue weighted by Crippen LogP contribution is -2.37. The minimum atomic E-state index is -0.318. The maximum Gasteiger partial charge on any atom is 0.493 e. The summed E-state index contributed by atoms with van der Waals surface area (Å²) in [6.45, 7) is 0.569. The molecule has 0 unspecified atom stereocenters. The highest BCUT2D eigenvalue weighted by Gasteiger charge is 2.20. The summed E-state index contributed by atoms with van der Waals surface area (Å²) in [6.07, 6.45) is 0. The Kier molecular flexibility index (Phi) is 4.66. The van der Waals surface area contributed by atoms with E-state index in [1.807, 2.05) is 24.3 Å². The predicted molar refractivity (Wildman–Crippen MR) is 56.6 cm³/mol. The van der Waals surface area contributed by atoms with Crippen molar-refractivity contribution in [3.8, 4) is 0 Å². The maximum atomic E-state index is 5.19. The fraction of sp³-hybridized carbons (Fsp3) is 0.400. The highest BCUT2D eigenvalue weighted by atomic mass is 16.6. The van der Waals surface area contributed by atoms with E-state index < -0.39 is 0 Å². The van der Waals surface area contributed by atoms with Gasteiger partial charge in [-0.1, -0.05) is 24.3 Å². The van der Waals surface area contributed by atoms with Gasteiger partial charge < -0.3 is 14.0 Å². The number of hydrogen-bond donors (Lipinski definition) is 0. The molecule has 3 nitrogen and oxygen atoms in total. The number of rotatable bonds is 5. The van der Waals surface area contributed by atoms with E-state index in [0.717, 1.165) is 11.0 Å². The molecule has 1 rings (SSSR count). The molecule has 0 N–H and O–H groups in total. The van der Waals surface area contributed by atoms with Crippen LogP contribution in [0, 0.1) is 0 Å². The second-order valence-corrected chi connectivity index (χ2v) is 2.94. The first-order valence-electron chi connectivity index (χ1n) is 4.45. The lowest BCUT2D eigenvalue weighted by Gasteiger charge is -2.12. The summed E-state index contributed by atoms with van der Waals surface area (Å²) in [5, 5.41) is 0. The molecule has 0 aromatic heterocycles. The van der Waals surface area contributed by atoms with Gasteiger partial charge in [-0.15, -0.1) is 0 Å². The van der Waals surface area contributed by atoms with Gasteiger partial charge in [-0.05, 0) is 11.0 Å². The standard InChI is InChI=1S/C10H15BO3/c1-12-8-9-6-4-5-7-10(9)11(13-2)14-3/h4-7H,8H2,1-3H3. The van der Waals surface area contributed by atoms with Gasteiger partial charge in [0, 0.05) is 21.3 Å². The molecule has 4 heteroatoms. The molecule has 0 aliphatic carbocycles. The molecule has 0 aliphatic heterocycles. The second kappa shape index (κ2) is 5.80. The smallest absolute Gasteiger partial charge is 0.410 e. The van der Waals surface area contributed by atoms with Gasteiger partial charge in [0.15, 0.2) is 0 Å². The van der Waals surface area contributed by atoms with Crippen LogP contribution in [0.4, 0.5) is 0 Å². The summed E-state index contributed by atoms with van der Waals surface area (Å²) in [7, 11) is 4.60. The van der Waals surface area contributed by atoms with Crippen LogP contribution < -0.4 is 5.46 Å². The number of methoxy groups -OCH3 is 1. The van der Waals surface area contributed by atoms with Gasteiger partial charge in [0.05, 0.1) is 6.61 Å². The third kappa shape index (κ3) is 2.58. The Balaban J connectivity index is 2.92. The zero-order chi connectivity index (χ0) is 10.4. The van der Waals surface area contributed by atoms with Gasteiger partial charge in [0.1, 0.15) is 0 Å². The van der Waals surface area contributed by atoms with Crippen LogP contribution in [-0.2, 0) is 20.7 Å². The Morgan fingerprint density at radius 1 is 1.07 bits per heavy atom. The molecule has 0 saturated heterocycles. The molecule has 14 heavy (non-hydrogen) atoms. The summed E-state index contributed by atoms with van der Waals surface area (Å²) in [5.41, 5.74) is 2.10. The van der Waals surface area contributed by atoms with E-state index in [0.29, 0.717) is 6.61 Å². The molecule has 0 saturated carbocycles. The summed E-state index contributed by atoms with van der Waals surface area (Å²) in [4.78, 5) is 0. The first kappa shape index (κ1) is 11.2. The molecule has 1 aromatic rings. The van der Waals surface area contributed by atoms with Crippen LogP contribution in [0.1, 0.15) is 5.56 Å². The second-order valence-electron chi connectivity index (χ2n) is 2.94. The largest absolute Gasteiger partial charge is 0.493 e. The minimum absolute atomic E-state index is 0.318. The zero-order valence-corrected chi connectivity index (χ0v) is 8.82. The highest BCUT2D eigenvalue weighted by Crippen LogP contribution is 2.01. The fourth-order valence-electron chi connectivity index (χ4n) is 1.40. The molecular formula is C10H15BO3. The minimum Gasteiger partial charge on any atom is -0.410 e. The Morgan fingerprint density at radius 2 is 1.71 bits per heavy atom. The van der Waals surface area contributed by atoms with Crippen LogP contribution >= 0.6 is 0 Å². The first-order chi connectivity index (χ1) is 6.83. The van der Waals surface area contributed by atoms with Crippen LogP contribution in [0.25, 0.3) is 0 Å². The monoisotopic (exact) mass is 194 g/mol. The SMILES string of the molecule is COCc1ccccc1B(OC)OC. The maximum absolute atomic E-state index is 5.19. The highest BCUT2D eigenvalue weighted by molar-refractivity contribution is 6.61. The molecule has 0 aliphatic rings. The average molecular weight is 194 g/mol. The van der Waals surface area contributed by atoms with Crippen LogP contribution in [0.2, 0.25) is 0 Å². The Labute approximate surface area is 85.1 Å². The summed E-state index contributed by atoms with van der Waals surface area (Å²) < 4.78 is 15.5. The van der Waals surface area contributed by atoms with Gasteiger partial charge >= 0.3 is 7.12 Å².